The molecule has 1 saturated carbocycles. The summed E-state index contributed by atoms with van der Waals surface area (Å²) in [6, 6.07) is 16.0. The fourth-order valence-electron chi connectivity index (χ4n) is 5.76. The second-order valence-electron chi connectivity index (χ2n) is 12.9. The lowest BCUT2D eigenvalue weighted by molar-refractivity contribution is 0.0197. The van der Waals surface area contributed by atoms with Crippen molar-refractivity contribution in [3.05, 3.63) is 65.2 Å². The number of likely N-dealkylation sites (tertiary alicyclic amines) is 1. The van der Waals surface area contributed by atoms with Gasteiger partial charge >= 0.3 is 6.09 Å². The van der Waals surface area contributed by atoms with E-state index in [2.05, 4.69) is 11.4 Å². The van der Waals surface area contributed by atoms with Gasteiger partial charge in [0.2, 0.25) is 0 Å². The maximum absolute atomic E-state index is 13.0. The predicted molar refractivity (Wildman–Crippen MR) is 168 cm³/mol. The zero-order valence-corrected chi connectivity index (χ0v) is 26.2. The maximum Gasteiger partial charge on any atom is 0.410 e. The number of rotatable bonds is 9. The zero-order valence-electron chi connectivity index (χ0n) is 26.2. The minimum absolute atomic E-state index is 0.110. The van der Waals surface area contributed by atoms with Gasteiger partial charge in [0.15, 0.2) is 0 Å². The summed E-state index contributed by atoms with van der Waals surface area (Å²) in [5, 5.41) is 3.35. The first-order valence-electron chi connectivity index (χ1n) is 15.6. The minimum Gasteiger partial charge on any atom is -0.497 e. The zero-order chi connectivity index (χ0) is 30.7. The van der Waals surface area contributed by atoms with E-state index in [1.165, 1.54) is 12.8 Å². The quantitative estimate of drug-likeness (QED) is 0.277. The molecule has 2 aliphatic heterocycles. The number of nitrogens with one attached hydrogen (secondary N) is 1. The molecule has 2 aromatic carbocycles. The van der Waals surface area contributed by atoms with E-state index in [1.807, 2.05) is 68.1 Å². The van der Waals surface area contributed by atoms with Crippen LogP contribution in [-0.2, 0) is 22.7 Å². The van der Waals surface area contributed by atoms with Gasteiger partial charge in [-0.15, -0.1) is 0 Å². The van der Waals surface area contributed by atoms with Crippen LogP contribution >= 0.6 is 0 Å². The number of ether oxygens (including phenoxy) is 5. The van der Waals surface area contributed by atoms with Crippen molar-refractivity contribution in [2.75, 3.05) is 38.9 Å². The SMILES string of the molecule is COc1ccc(COc2cccc(OCC3CC3)c2-c2cc(C3CCCN(C(=O)OC(C)(C)C)C3)c3c(n2)NCOC3)cc1. The summed E-state index contributed by atoms with van der Waals surface area (Å²) in [5.74, 6) is 3.78. The molecule has 1 unspecified atom stereocenters. The molecule has 0 spiro atoms. The van der Waals surface area contributed by atoms with E-state index in [1.54, 1.807) is 7.11 Å². The molecule has 3 aromatic rings. The first kappa shape index (κ1) is 30.1. The Morgan fingerprint density at radius 3 is 2.57 bits per heavy atom. The van der Waals surface area contributed by atoms with Gasteiger partial charge in [-0.1, -0.05) is 18.2 Å². The molecular formula is C35H43N3O6. The molecule has 0 bridgehead atoms. The van der Waals surface area contributed by atoms with Crippen LogP contribution in [0.4, 0.5) is 10.6 Å². The Labute approximate surface area is 259 Å². The van der Waals surface area contributed by atoms with Crippen LogP contribution < -0.4 is 19.5 Å². The van der Waals surface area contributed by atoms with E-state index in [-0.39, 0.29) is 12.0 Å². The third kappa shape index (κ3) is 7.21. The van der Waals surface area contributed by atoms with Gasteiger partial charge < -0.3 is 33.9 Å². The molecule has 2 fully saturated rings. The highest BCUT2D eigenvalue weighted by Gasteiger charge is 2.32. The Morgan fingerprint density at radius 2 is 1.84 bits per heavy atom. The van der Waals surface area contributed by atoms with Gasteiger partial charge in [0.25, 0.3) is 0 Å². The smallest absolute Gasteiger partial charge is 0.410 e. The number of piperidine rings is 1. The van der Waals surface area contributed by atoms with E-state index < -0.39 is 5.60 Å². The third-order valence-corrected chi connectivity index (χ3v) is 8.23. The van der Waals surface area contributed by atoms with Crippen LogP contribution in [0.5, 0.6) is 17.2 Å². The summed E-state index contributed by atoms with van der Waals surface area (Å²) < 4.78 is 29.7. The Kier molecular flexibility index (Phi) is 8.84. The van der Waals surface area contributed by atoms with Crippen LogP contribution in [0, 0.1) is 5.92 Å². The molecule has 44 heavy (non-hydrogen) atoms. The molecule has 3 heterocycles. The van der Waals surface area contributed by atoms with Gasteiger partial charge in [0, 0.05) is 24.6 Å². The highest BCUT2D eigenvalue weighted by molar-refractivity contribution is 5.77. The summed E-state index contributed by atoms with van der Waals surface area (Å²) in [7, 11) is 1.66. The van der Waals surface area contributed by atoms with Crippen LogP contribution in [0.25, 0.3) is 11.3 Å². The lowest BCUT2D eigenvalue weighted by Crippen LogP contribution is -2.42. The monoisotopic (exact) mass is 601 g/mol. The molecule has 1 aliphatic carbocycles. The number of nitrogens with zero attached hydrogens (tertiary/aromatic N) is 2. The Bertz CT molecular complexity index is 1460. The molecule has 0 radical (unpaired) electrons. The molecule has 3 aliphatic rings. The lowest BCUT2D eigenvalue weighted by atomic mass is 9.87. The van der Waals surface area contributed by atoms with E-state index >= 15 is 0 Å². The summed E-state index contributed by atoms with van der Waals surface area (Å²) in [6.07, 6.45) is 3.97. The molecule has 1 amide bonds. The normalized spacial score (nSPS) is 18.2. The van der Waals surface area contributed by atoms with Crippen LogP contribution in [0.1, 0.15) is 69.1 Å². The number of pyridine rings is 1. The predicted octanol–water partition coefficient (Wildman–Crippen LogP) is 7.14. The fourth-order valence-corrected chi connectivity index (χ4v) is 5.76. The largest absolute Gasteiger partial charge is 0.497 e. The van der Waals surface area contributed by atoms with Crippen LogP contribution in [-0.4, -0.2) is 55.1 Å². The number of carbonyl (C=O) groups excluding carboxylic acids is 1. The van der Waals surface area contributed by atoms with Gasteiger partial charge in [-0.25, -0.2) is 9.78 Å². The van der Waals surface area contributed by atoms with Crippen molar-refractivity contribution in [2.24, 2.45) is 5.92 Å². The van der Waals surface area contributed by atoms with Crippen molar-refractivity contribution in [3.63, 3.8) is 0 Å². The van der Waals surface area contributed by atoms with Gasteiger partial charge in [0.1, 0.15) is 42.0 Å². The first-order chi connectivity index (χ1) is 21.3. The highest BCUT2D eigenvalue weighted by Crippen LogP contribution is 2.43. The summed E-state index contributed by atoms with van der Waals surface area (Å²) in [6.45, 7) is 8.88. The van der Waals surface area contributed by atoms with Crippen molar-refractivity contribution in [2.45, 2.75) is 71.2 Å². The van der Waals surface area contributed by atoms with Crippen molar-refractivity contribution in [1.82, 2.24) is 9.88 Å². The van der Waals surface area contributed by atoms with E-state index in [0.29, 0.717) is 51.3 Å². The number of fused-ring (bicyclic) bond motifs is 1. The van der Waals surface area contributed by atoms with Gasteiger partial charge in [-0.2, -0.15) is 0 Å². The topological polar surface area (TPSA) is 91.4 Å². The van der Waals surface area contributed by atoms with Gasteiger partial charge in [0.05, 0.1) is 31.6 Å². The molecule has 6 rings (SSSR count). The number of hydrogen-bond acceptors (Lipinski definition) is 8. The second-order valence-corrected chi connectivity index (χ2v) is 12.9. The Balaban J connectivity index is 1.35. The summed E-state index contributed by atoms with van der Waals surface area (Å²) in [5.41, 5.74) is 4.26. The van der Waals surface area contributed by atoms with Crippen molar-refractivity contribution >= 4 is 11.9 Å². The summed E-state index contributed by atoms with van der Waals surface area (Å²) >= 11 is 0. The molecule has 9 heteroatoms. The molecule has 9 nitrogen and oxygen atoms in total. The number of carbonyl (C=O) groups is 1. The Morgan fingerprint density at radius 1 is 1.07 bits per heavy atom. The van der Waals surface area contributed by atoms with E-state index in [0.717, 1.165) is 58.1 Å². The van der Waals surface area contributed by atoms with Crippen molar-refractivity contribution in [3.8, 4) is 28.5 Å². The summed E-state index contributed by atoms with van der Waals surface area (Å²) in [4.78, 5) is 20.0. The number of benzene rings is 2. The maximum atomic E-state index is 13.0. The third-order valence-electron chi connectivity index (χ3n) is 8.23. The number of hydrogen-bond donors (Lipinski definition) is 1. The van der Waals surface area contributed by atoms with E-state index in [9.17, 15) is 4.79 Å². The lowest BCUT2D eigenvalue weighted by Gasteiger charge is -2.36. The molecule has 1 N–H and O–H groups in total. The van der Waals surface area contributed by atoms with E-state index in [4.69, 9.17) is 28.7 Å². The molecular weight excluding hydrogens is 558 g/mol. The van der Waals surface area contributed by atoms with Gasteiger partial charge in [-0.05, 0) is 93.8 Å². The van der Waals surface area contributed by atoms with Crippen LogP contribution in [0.15, 0.2) is 48.5 Å². The van der Waals surface area contributed by atoms with Crippen molar-refractivity contribution < 1.29 is 28.5 Å². The molecule has 234 valence electrons. The fraction of sp³-hybridized carbons (Fsp3) is 0.486. The molecule has 1 saturated heterocycles. The van der Waals surface area contributed by atoms with Crippen molar-refractivity contribution in [1.29, 1.82) is 0 Å². The Hall–Kier alpha value is -3.98. The number of methoxy groups -OCH3 is 1. The highest BCUT2D eigenvalue weighted by atomic mass is 16.6. The van der Waals surface area contributed by atoms with Crippen LogP contribution in [0.2, 0.25) is 0 Å². The van der Waals surface area contributed by atoms with Gasteiger partial charge in [-0.3, -0.25) is 0 Å². The van der Waals surface area contributed by atoms with Crippen LogP contribution in [0.3, 0.4) is 0 Å². The molecule has 1 atom stereocenters. The number of amides is 1. The first-order valence-corrected chi connectivity index (χ1v) is 15.6. The average molecular weight is 602 g/mol. The number of aromatic nitrogens is 1. The second kappa shape index (κ2) is 12.9. The standard InChI is InChI=1S/C35H43N3O6/c1-35(2,3)44-34(39)38-16-6-7-25(18-38)27-17-29(37-33-28(27)21-41-22-36-33)32-30(42-19-23-10-11-23)8-5-9-31(32)43-20-24-12-14-26(40-4)15-13-24/h5,8-9,12-15,17,23,25H,6-7,10-11,16,18-22H2,1-4H3,(H,36,37). The minimum atomic E-state index is -0.544. The average Bonchev–Trinajstić information content (AvgIpc) is 3.86. The molecule has 1 aromatic heterocycles. The number of anilines is 1.